The van der Waals surface area contributed by atoms with E-state index in [0.29, 0.717) is 35.8 Å². The lowest BCUT2D eigenvalue weighted by atomic mass is 9.68. The highest BCUT2D eigenvalue weighted by atomic mass is 35.5. The number of hydrogen-bond acceptors (Lipinski definition) is 5. The number of alkyl halides is 1. The summed E-state index contributed by atoms with van der Waals surface area (Å²) >= 11 is 5.91. The standard InChI is InChI=1S/C34H44ClNO4S/c1-5-7-19-34(20-8-6-2)24-41(38,39)31-18-15-28(36(3)4)21-30(31)32(33(34)37)27-13-16-29(17-14-27)40-23-26-11-9-25(22-35)10-12-26/h9-18,21,32-33,37H,5-8,19-20,22-24H2,1-4H3/t32?,33-/m1/s1. The number of hydrogen-bond donors (Lipinski definition) is 1. The molecule has 3 aromatic carbocycles. The van der Waals surface area contributed by atoms with Crippen molar-refractivity contribution in [2.45, 2.75) is 81.8 Å². The molecule has 3 aromatic rings. The van der Waals surface area contributed by atoms with Crippen LogP contribution in [-0.2, 0) is 22.3 Å². The topological polar surface area (TPSA) is 66.8 Å². The molecule has 4 rings (SSSR count). The predicted octanol–water partition coefficient (Wildman–Crippen LogP) is 7.72. The first-order chi connectivity index (χ1) is 19.6. The molecule has 1 N–H and O–H groups in total. The fraction of sp³-hybridized carbons (Fsp3) is 0.471. The third-order valence-electron chi connectivity index (χ3n) is 8.48. The second-order valence-electron chi connectivity index (χ2n) is 11.7. The minimum Gasteiger partial charge on any atom is -0.489 e. The summed E-state index contributed by atoms with van der Waals surface area (Å²) in [6.07, 6.45) is 4.16. The number of halogens is 1. The first kappa shape index (κ1) is 31.4. The van der Waals surface area contributed by atoms with E-state index in [2.05, 4.69) is 13.8 Å². The minimum absolute atomic E-state index is 0.0321. The van der Waals surface area contributed by atoms with Gasteiger partial charge in [-0.15, -0.1) is 11.6 Å². The van der Waals surface area contributed by atoms with Crippen LogP contribution in [0, 0.1) is 5.41 Å². The maximum absolute atomic E-state index is 14.0. The van der Waals surface area contributed by atoms with E-state index in [1.807, 2.05) is 79.7 Å². The first-order valence-corrected chi connectivity index (χ1v) is 16.9. The molecule has 5 nitrogen and oxygen atoms in total. The lowest BCUT2D eigenvalue weighted by Crippen LogP contribution is -2.43. The van der Waals surface area contributed by atoms with Crippen molar-refractivity contribution in [2.24, 2.45) is 5.41 Å². The van der Waals surface area contributed by atoms with Crippen LogP contribution in [-0.4, -0.2) is 39.5 Å². The van der Waals surface area contributed by atoms with Gasteiger partial charge in [0.15, 0.2) is 9.84 Å². The number of rotatable bonds is 12. The molecule has 1 aliphatic heterocycles. The second kappa shape index (κ2) is 13.6. The molecule has 222 valence electrons. The average molecular weight is 598 g/mol. The molecule has 0 amide bonds. The van der Waals surface area contributed by atoms with E-state index in [0.717, 1.165) is 53.8 Å². The number of unbranched alkanes of at least 4 members (excludes halogenated alkanes) is 2. The van der Waals surface area contributed by atoms with E-state index in [9.17, 15) is 13.5 Å². The van der Waals surface area contributed by atoms with Gasteiger partial charge in [-0.05, 0) is 65.4 Å². The number of nitrogens with zero attached hydrogens (tertiary/aromatic N) is 1. The van der Waals surface area contributed by atoms with Crippen LogP contribution in [0.15, 0.2) is 71.6 Å². The zero-order chi connectivity index (χ0) is 29.6. The molecule has 1 heterocycles. The Morgan fingerprint density at radius 1 is 0.927 bits per heavy atom. The summed E-state index contributed by atoms with van der Waals surface area (Å²) in [6.45, 7) is 4.66. The van der Waals surface area contributed by atoms with Crippen LogP contribution in [0.2, 0.25) is 0 Å². The molecule has 2 atom stereocenters. The minimum atomic E-state index is -3.63. The maximum atomic E-state index is 14.0. The van der Waals surface area contributed by atoms with Gasteiger partial charge < -0.3 is 14.7 Å². The third-order valence-corrected chi connectivity index (χ3v) is 10.8. The molecule has 0 bridgehead atoms. The summed E-state index contributed by atoms with van der Waals surface area (Å²) in [5.41, 5.74) is 3.86. The summed E-state index contributed by atoms with van der Waals surface area (Å²) in [7, 11) is 0.263. The molecule has 0 aliphatic carbocycles. The maximum Gasteiger partial charge on any atom is 0.179 e. The second-order valence-corrected chi connectivity index (χ2v) is 13.9. The van der Waals surface area contributed by atoms with E-state index in [-0.39, 0.29) is 5.75 Å². The van der Waals surface area contributed by atoms with Gasteiger partial charge in [-0.3, -0.25) is 0 Å². The number of fused-ring (bicyclic) bond motifs is 1. The fourth-order valence-electron chi connectivity index (χ4n) is 6.05. The van der Waals surface area contributed by atoms with E-state index in [4.69, 9.17) is 16.3 Å². The van der Waals surface area contributed by atoms with E-state index < -0.39 is 27.3 Å². The molecular formula is C34H44ClNO4S. The highest BCUT2D eigenvalue weighted by molar-refractivity contribution is 7.91. The molecule has 0 radical (unpaired) electrons. The van der Waals surface area contributed by atoms with Crippen LogP contribution in [0.25, 0.3) is 0 Å². The Kier molecular flexibility index (Phi) is 10.4. The normalized spacial score (nSPS) is 19.3. The molecule has 0 saturated carbocycles. The van der Waals surface area contributed by atoms with Crippen LogP contribution in [0.4, 0.5) is 5.69 Å². The Hall–Kier alpha value is -2.54. The van der Waals surface area contributed by atoms with Gasteiger partial charge in [-0.1, -0.05) is 75.9 Å². The monoisotopic (exact) mass is 597 g/mol. The van der Waals surface area contributed by atoms with Crippen LogP contribution >= 0.6 is 11.6 Å². The SMILES string of the molecule is CCCCC1(CCCC)CS(=O)(=O)c2ccc(N(C)C)cc2C(c2ccc(OCc3ccc(CCl)cc3)cc2)[C@H]1O. The summed E-state index contributed by atoms with van der Waals surface area (Å²) in [5.74, 6) is 0.689. The van der Waals surface area contributed by atoms with Gasteiger partial charge in [0, 0.05) is 37.0 Å². The van der Waals surface area contributed by atoms with Crippen molar-refractivity contribution in [2.75, 3.05) is 24.7 Å². The molecule has 1 aliphatic rings. The van der Waals surface area contributed by atoms with Crippen molar-refractivity contribution in [3.8, 4) is 5.75 Å². The molecule has 0 spiro atoms. The zero-order valence-electron chi connectivity index (χ0n) is 24.8. The largest absolute Gasteiger partial charge is 0.489 e. The lowest BCUT2D eigenvalue weighted by molar-refractivity contribution is 0.0127. The van der Waals surface area contributed by atoms with Crippen molar-refractivity contribution in [1.82, 2.24) is 0 Å². The van der Waals surface area contributed by atoms with Crippen LogP contribution in [0.1, 0.15) is 80.5 Å². The quantitative estimate of drug-likeness (QED) is 0.217. The van der Waals surface area contributed by atoms with Crippen LogP contribution in [0.5, 0.6) is 5.75 Å². The van der Waals surface area contributed by atoms with Gasteiger partial charge in [-0.25, -0.2) is 8.42 Å². The van der Waals surface area contributed by atoms with Gasteiger partial charge in [0.1, 0.15) is 12.4 Å². The predicted molar refractivity (Wildman–Crippen MR) is 169 cm³/mol. The highest BCUT2D eigenvalue weighted by Crippen LogP contribution is 2.50. The molecular weight excluding hydrogens is 554 g/mol. The van der Waals surface area contributed by atoms with Crippen molar-refractivity contribution in [1.29, 1.82) is 0 Å². The molecule has 0 fully saturated rings. The number of anilines is 1. The Labute approximate surface area is 251 Å². The van der Waals surface area contributed by atoms with Crippen molar-refractivity contribution in [3.05, 3.63) is 89.0 Å². The van der Waals surface area contributed by atoms with Gasteiger partial charge >= 0.3 is 0 Å². The van der Waals surface area contributed by atoms with Gasteiger partial charge in [0.2, 0.25) is 0 Å². The van der Waals surface area contributed by atoms with E-state index in [1.54, 1.807) is 6.07 Å². The Balaban J connectivity index is 1.75. The number of benzene rings is 3. The Bertz CT molecular complexity index is 1380. The molecule has 0 aromatic heterocycles. The number of aliphatic hydroxyl groups excluding tert-OH is 1. The summed E-state index contributed by atoms with van der Waals surface area (Å²) in [6, 6.07) is 21.4. The van der Waals surface area contributed by atoms with Gasteiger partial charge in [0.25, 0.3) is 0 Å². The fourth-order valence-corrected chi connectivity index (χ4v) is 8.42. The lowest BCUT2D eigenvalue weighted by Gasteiger charge is -2.40. The highest BCUT2D eigenvalue weighted by Gasteiger charge is 2.49. The number of sulfone groups is 1. The van der Waals surface area contributed by atoms with Gasteiger partial charge in [-0.2, -0.15) is 0 Å². The number of aliphatic hydroxyl groups is 1. The summed E-state index contributed by atoms with van der Waals surface area (Å²) in [4.78, 5) is 2.31. The summed E-state index contributed by atoms with van der Waals surface area (Å²) in [5, 5.41) is 12.3. The zero-order valence-corrected chi connectivity index (χ0v) is 26.3. The van der Waals surface area contributed by atoms with Crippen LogP contribution in [0.3, 0.4) is 0 Å². The van der Waals surface area contributed by atoms with E-state index in [1.165, 1.54) is 0 Å². The first-order valence-electron chi connectivity index (χ1n) is 14.7. The van der Waals surface area contributed by atoms with Crippen molar-refractivity contribution >= 4 is 27.1 Å². The molecule has 41 heavy (non-hydrogen) atoms. The van der Waals surface area contributed by atoms with Gasteiger partial charge in [0.05, 0.1) is 16.8 Å². The molecule has 1 unspecified atom stereocenters. The molecule has 7 heteroatoms. The van der Waals surface area contributed by atoms with Crippen molar-refractivity contribution in [3.63, 3.8) is 0 Å². The van der Waals surface area contributed by atoms with Crippen LogP contribution < -0.4 is 9.64 Å². The smallest absolute Gasteiger partial charge is 0.179 e. The summed E-state index contributed by atoms with van der Waals surface area (Å²) < 4.78 is 34.1. The van der Waals surface area contributed by atoms with E-state index >= 15 is 0 Å². The van der Waals surface area contributed by atoms with Crippen molar-refractivity contribution < 1.29 is 18.3 Å². The third kappa shape index (κ3) is 7.10. The Morgan fingerprint density at radius 2 is 1.54 bits per heavy atom. The molecule has 0 saturated heterocycles. The average Bonchev–Trinajstić information content (AvgIpc) is 3.04. The Morgan fingerprint density at radius 3 is 2.10 bits per heavy atom. The number of ether oxygens (including phenoxy) is 1.